The van der Waals surface area contributed by atoms with Crippen LogP contribution in [0.4, 0.5) is 0 Å². The van der Waals surface area contributed by atoms with Gasteiger partial charge in [0.1, 0.15) is 13.2 Å². The number of nitrogens with zero attached hydrogens (tertiary/aromatic N) is 1. The van der Waals surface area contributed by atoms with Crippen LogP contribution in [0.15, 0.2) is 0 Å². The van der Waals surface area contributed by atoms with E-state index in [1.165, 1.54) is 70.6 Å². The number of aliphatic hydroxyl groups excluding tert-OH is 1. The van der Waals surface area contributed by atoms with Crippen LogP contribution in [0.3, 0.4) is 0 Å². The summed E-state index contributed by atoms with van der Waals surface area (Å²) in [6, 6.07) is 0. The van der Waals surface area contributed by atoms with E-state index in [0.717, 1.165) is 122 Å². The fourth-order valence-corrected chi connectivity index (χ4v) is 6.60. The Labute approximate surface area is 352 Å². The van der Waals surface area contributed by atoms with Crippen molar-refractivity contribution in [2.45, 2.75) is 226 Å². The van der Waals surface area contributed by atoms with Crippen LogP contribution in [0.1, 0.15) is 220 Å². The first-order valence-corrected chi connectivity index (χ1v) is 23.9. The van der Waals surface area contributed by atoms with Gasteiger partial charge in [0.25, 0.3) is 0 Å². The van der Waals surface area contributed by atoms with E-state index in [0.29, 0.717) is 52.2 Å². The molecular formula is C49H89NO7. The lowest BCUT2D eigenvalue weighted by Gasteiger charge is -2.21. The molecule has 0 atom stereocenters. The van der Waals surface area contributed by atoms with Gasteiger partial charge in [-0.25, -0.2) is 0 Å². The SMILES string of the molecule is CCCCCCC#CCOC(CCCCC(=O)OCCCCCCN(CCO)CCCCCCCC(=O)OCCCCCCCCC)OCC#CCCCCCC. The Bertz CT molecular complexity index is 963. The zero-order chi connectivity index (χ0) is 41.5. The van der Waals surface area contributed by atoms with Crippen molar-refractivity contribution in [1.82, 2.24) is 4.90 Å². The number of ether oxygens (including phenoxy) is 4. The average molecular weight is 804 g/mol. The van der Waals surface area contributed by atoms with Crippen LogP contribution >= 0.6 is 0 Å². The molecule has 0 aromatic heterocycles. The third kappa shape index (κ3) is 43.3. The molecule has 8 nitrogen and oxygen atoms in total. The first-order valence-electron chi connectivity index (χ1n) is 23.9. The minimum Gasteiger partial charge on any atom is -0.466 e. The Morgan fingerprint density at radius 3 is 1.35 bits per heavy atom. The van der Waals surface area contributed by atoms with Gasteiger partial charge in [-0.1, -0.05) is 142 Å². The largest absolute Gasteiger partial charge is 0.466 e. The summed E-state index contributed by atoms with van der Waals surface area (Å²) in [6.07, 6.45) is 32.4. The van der Waals surface area contributed by atoms with Crippen LogP contribution < -0.4 is 0 Å². The lowest BCUT2D eigenvalue weighted by atomic mass is 10.1. The van der Waals surface area contributed by atoms with Gasteiger partial charge in [0.05, 0.1) is 19.8 Å². The first kappa shape index (κ1) is 54.9. The number of aliphatic hydroxyl groups is 1. The number of unbranched alkanes of at least 4 members (excludes halogenated alkanes) is 22. The van der Waals surface area contributed by atoms with Crippen molar-refractivity contribution in [2.24, 2.45) is 0 Å². The Hall–Kier alpha value is -2.10. The molecule has 0 saturated carbocycles. The number of esters is 2. The van der Waals surface area contributed by atoms with Crippen LogP contribution in [0.25, 0.3) is 0 Å². The van der Waals surface area contributed by atoms with E-state index in [1.54, 1.807) is 0 Å². The lowest BCUT2D eigenvalue weighted by molar-refractivity contribution is -0.145. The Morgan fingerprint density at radius 2 is 0.877 bits per heavy atom. The highest BCUT2D eigenvalue weighted by atomic mass is 16.7. The number of carbonyl (C=O) groups is 2. The van der Waals surface area contributed by atoms with Gasteiger partial charge in [0.15, 0.2) is 6.29 Å². The highest BCUT2D eigenvalue weighted by molar-refractivity contribution is 5.69. The standard InChI is InChI=1S/C49H89NO7/c1-4-7-10-13-16-23-32-43-54-47(52)36-27-20-19-21-30-39-50(41-42-51)40-31-22-26-33-44-55-48(53)37-28-29-38-49(56-45-34-24-17-14-11-8-5-2)57-46-35-25-18-15-12-9-6-3/h49,51H,4-23,26-33,36-46H2,1-3H3. The van der Waals surface area contributed by atoms with Crippen LogP contribution in [0, 0.1) is 23.7 Å². The Balaban J connectivity index is 4.02. The van der Waals surface area contributed by atoms with Gasteiger partial charge in [0, 0.05) is 32.2 Å². The van der Waals surface area contributed by atoms with Crippen LogP contribution in [-0.2, 0) is 28.5 Å². The predicted molar refractivity (Wildman–Crippen MR) is 237 cm³/mol. The molecule has 0 saturated heterocycles. The second-order valence-corrected chi connectivity index (χ2v) is 15.7. The minimum atomic E-state index is -0.365. The third-order valence-corrected chi connectivity index (χ3v) is 10.2. The number of hydrogen-bond donors (Lipinski definition) is 1. The molecule has 0 bridgehead atoms. The molecule has 1 N–H and O–H groups in total. The fourth-order valence-electron chi connectivity index (χ4n) is 6.60. The number of rotatable bonds is 42. The predicted octanol–water partition coefficient (Wildman–Crippen LogP) is 11.9. The monoisotopic (exact) mass is 804 g/mol. The molecule has 0 unspecified atom stereocenters. The summed E-state index contributed by atoms with van der Waals surface area (Å²) in [4.78, 5) is 26.7. The molecular weight excluding hydrogens is 715 g/mol. The molecule has 8 heteroatoms. The highest BCUT2D eigenvalue weighted by Crippen LogP contribution is 2.12. The smallest absolute Gasteiger partial charge is 0.305 e. The third-order valence-electron chi connectivity index (χ3n) is 10.2. The maximum atomic E-state index is 12.3. The fraction of sp³-hybridized carbons (Fsp3) is 0.878. The molecule has 0 aromatic carbocycles. The van der Waals surface area contributed by atoms with Crippen molar-refractivity contribution in [3.05, 3.63) is 0 Å². The summed E-state index contributed by atoms with van der Waals surface area (Å²) >= 11 is 0. The van der Waals surface area contributed by atoms with Crippen molar-refractivity contribution in [1.29, 1.82) is 0 Å². The molecule has 0 spiro atoms. The van der Waals surface area contributed by atoms with Gasteiger partial charge in [-0.15, -0.1) is 11.8 Å². The topological polar surface area (TPSA) is 94.5 Å². The van der Waals surface area contributed by atoms with Crippen molar-refractivity contribution in [2.75, 3.05) is 52.7 Å². The van der Waals surface area contributed by atoms with Gasteiger partial charge in [0.2, 0.25) is 0 Å². The molecule has 0 amide bonds. The van der Waals surface area contributed by atoms with Crippen LogP contribution in [0.5, 0.6) is 0 Å². The summed E-state index contributed by atoms with van der Waals surface area (Å²) in [6.45, 7) is 11.3. The highest BCUT2D eigenvalue weighted by Gasteiger charge is 2.11. The summed E-state index contributed by atoms with van der Waals surface area (Å²) in [5.41, 5.74) is 0. The molecule has 0 aromatic rings. The lowest BCUT2D eigenvalue weighted by Crippen LogP contribution is -2.29. The Kier molecular flexibility index (Phi) is 44.9. The summed E-state index contributed by atoms with van der Waals surface area (Å²) in [7, 11) is 0. The molecule has 57 heavy (non-hydrogen) atoms. The van der Waals surface area contributed by atoms with Gasteiger partial charge >= 0.3 is 11.9 Å². The van der Waals surface area contributed by atoms with Gasteiger partial charge in [-0.05, 0) is 77.3 Å². The van der Waals surface area contributed by atoms with E-state index < -0.39 is 0 Å². The normalized spacial score (nSPS) is 11.1. The molecule has 0 fully saturated rings. The summed E-state index contributed by atoms with van der Waals surface area (Å²) in [5, 5.41) is 9.53. The van der Waals surface area contributed by atoms with E-state index in [-0.39, 0.29) is 24.8 Å². The van der Waals surface area contributed by atoms with Crippen molar-refractivity contribution in [3.8, 4) is 23.7 Å². The maximum absolute atomic E-state index is 12.3. The van der Waals surface area contributed by atoms with E-state index in [4.69, 9.17) is 18.9 Å². The molecule has 0 heterocycles. The van der Waals surface area contributed by atoms with Gasteiger partial charge in [-0.3, -0.25) is 9.59 Å². The Morgan fingerprint density at radius 1 is 0.474 bits per heavy atom. The van der Waals surface area contributed by atoms with E-state index in [2.05, 4.69) is 49.4 Å². The second-order valence-electron chi connectivity index (χ2n) is 15.7. The van der Waals surface area contributed by atoms with E-state index >= 15 is 0 Å². The molecule has 0 radical (unpaired) electrons. The maximum Gasteiger partial charge on any atom is 0.305 e. The zero-order valence-electron chi connectivity index (χ0n) is 37.5. The van der Waals surface area contributed by atoms with Gasteiger partial charge in [-0.2, -0.15) is 0 Å². The van der Waals surface area contributed by atoms with Crippen molar-refractivity contribution >= 4 is 11.9 Å². The minimum absolute atomic E-state index is 0.0456. The number of carbonyl (C=O) groups excluding carboxylic acids is 2. The quantitative estimate of drug-likeness (QED) is 0.0282. The summed E-state index contributed by atoms with van der Waals surface area (Å²) in [5.74, 6) is 12.5. The number of hydrogen-bond acceptors (Lipinski definition) is 8. The van der Waals surface area contributed by atoms with E-state index in [9.17, 15) is 14.7 Å². The molecule has 0 aliphatic rings. The molecule has 0 aliphatic carbocycles. The second kappa shape index (κ2) is 46.6. The molecule has 332 valence electrons. The first-order chi connectivity index (χ1) is 28.1. The molecule has 0 rings (SSSR count). The van der Waals surface area contributed by atoms with Crippen molar-refractivity contribution in [3.63, 3.8) is 0 Å². The van der Waals surface area contributed by atoms with Crippen LogP contribution in [0.2, 0.25) is 0 Å². The zero-order valence-corrected chi connectivity index (χ0v) is 37.5. The average Bonchev–Trinajstić information content (AvgIpc) is 3.21. The van der Waals surface area contributed by atoms with Gasteiger partial charge < -0.3 is 29.0 Å². The molecule has 0 aliphatic heterocycles. The summed E-state index contributed by atoms with van der Waals surface area (Å²) < 4.78 is 22.8. The van der Waals surface area contributed by atoms with Crippen LogP contribution in [-0.4, -0.2) is 80.9 Å². The van der Waals surface area contributed by atoms with Crippen molar-refractivity contribution < 1.29 is 33.6 Å². The van der Waals surface area contributed by atoms with E-state index in [1.807, 2.05) is 0 Å².